The number of H-pyrrole nitrogens is 1. The molecule has 2 aliphatic heterocycles. The molecule has 1 aromatic heterocycles. The van der Waals surface area contributed by atoms with E-state index in [1.807, 2.05) is 25.1 Å². The third-order valence-electron chi connectivity index (χ3n) is 6.62. The van der Waals surface area contributed by atoms with Crippen molar-refractivity contribution in [3.05, 3.63) is 83.0 Å². The average Bonchev–Trinajstić information content (AvgIpc) is 3.43. The Bertz CT molecular complexity index is 1240. The highest BCUT2D eigenvalue weighted by atomic mass is 19.1. The first-order chi connectivity index (χ1) is 16.4. The van der Waals surface area contributed by atoms with Crippen molar-refractivity contribution in [3.8, 4) is 11.1 Å². The van der Waals surface area contributed by atoms with Gasteiger partial charge < -0.3 is 25.3 Å². The first-order valence-electron chi connectivity index (χ1n) is 11.6. The van der Waals surface area contributed by atoms with Crippen LogP contribution in [0.25, 0.3) is 11.1 Å². The number of fused-ring (bicyclic) bond motifs is 1. The minimum Gasteiger partial charge on any atom is -0.398 e. The molecule has 3 heterocycles. The molecule has 5 rings (SSSR count). The molecule has 0 atom stereocenters. The second-order valence-corrected chi connectivity index (χ2v) is 8.71. The van der Waals surface area contributed by atoms with E-state index in [2.05, 4.69) is 21.4 Å². The molecule has 0 saturated carbocycles. The smallest absolute Gasteiger partial charge is 0.156 e. The predicted molar refractivity (Wildman–Crippen MR) is 131 cm³/mol. The van der Waals surface area contributed by atoms with E-state index in [0.717, 1.165) is 66.6 Å². The summed E-state index contributed by atoms with van der Waals surface area (Å²) in [6.45, 7) is 10.8. The standard InChI is InChI=1S/C26H29FN6O/c1-3-17-4-6-19(27)13-21(17)18-5-7-20(22(28)12-18)25(29)26-30-23-14-33(15-24(23)31-26)16(2)32-8-10-34-11-9-32/h4-7,12-13,29H,2-3,8-11,14-15,28H2,1H3,(H,30,31). The van der Waals surface area contributed by atoms with Crippen molar-refractivity contribution in [2.75, 3.05) is 32.0 Å². The quantitative estimate of drug-likeness (QED) is 0.383. The summed E-state index contributed by atoms with van der Waals surface area (Å²) in [5.74, 6) is 1.20. The molecule has 0 radical (unpaired) electrons. The van der Waals surface area contributed by atoms with Gasteiger partial charge in [0.1, 0.15) is 11.5 Å². The number of aryl methyl sites for hydroxylation is 1. The van der Waals surface area contributed by atoms with Crippen molar-refractivity contribution >= 4 is 11.4 Å². The molecular formula is C26H29FN6O. The van der Waals surface area contributed by atoms with E-state index in [4.69, 9.17) is 20.9 Å². The Morgan fingerprint density at radius 3 is 2.68 bits per heavy atom. The van der Waals surface area contributed by atoms with E-state index in [1.165, 1.54) is 12.1 Å². The van der Waals surface area contributed by atoms with Crippen LogP contribution in [0.3, 0.4) is 0 Å². The number of aromatic nitrogens is 2. The van der Waals surface area contributed by atoms with Gasteiger partial charge in [-0.25, -0.2) is 9.37 Å². The lowest BCUT2D eigenvalue weighted by molar-refractivity contribution is 0.0373. The lowest BCUT2D eigenvalue weighted by Crippen LogP contribution is -2.40. The van der Waals surface area contributed by atoms with Crippen molar-refractivity contribution in [3.63, 3.8) is 0 Å². The van der Waals surface area contributed by atoms with Crippen LogP contribution >= 0.6 is 0 Å². The number of halogens is 1. The molecule has 176 valence electrons. The van der Waals surface area contributed by atoms with Gasteiger partial charge in [-0.1, -0.05) is 31.7 Å². The van der Waals surface area contributed by atoms with E-state index in [0.29, 0.717) is 30.2 Å². The van der Waals surface area contributed by atoms with Crippen molar-refractivity contribution < 1.29 is 9.13 Å². The van der Waals surface area contributed by atoms with Crippen molar-refractivity contribution in [1.29, 1.82) is 5.41 Å². The fraction of sp³-hybridized carbons (Fsp3) is 0.308. The molecule has 34 heavy (non-hydrogen) atoms. The van der Waals surface area contributed by atoms with E-state index >= 15 is 0 Å². The van der Waals surface area contributed by atoms with E-state index in [9.17, 15) is 4.39 Å². The minimum absolute atomic E-state index is 0.243. The number of nitrogens with zero attached hydrogens (tertiary/aromatic N) is 3. The molecule has 0 aliphatic carbocycles. The van der Waals surface area contributed by atoms with Gasteiger partial charge in [0, 0.05) is 24.3 Å². The van der Waals surface area contributed by atoms with Crippen LogP contribution in [-0.4, -0.2) is 51.8 Å². The first kappa shape index (κ1) is 22.2. The maximum Gasteiger partial charge on any atom is 0.156 e. The Kier molecular flexibility index (Phi) is 5.83. The number of rotatable bonds is 6. The SMILES string of the molecule is C=C(N1CCOCC1)N1Cc2nc(C(=N)c3ccc(-c4cc(F)ccc4CC)cc3N)[nH]c2C1. The Hall–Kier alpha value is -3.65. The van der Waals surface area contributed by atoms with Gasteiger partial charge in [-0.15, -0.1) is 0 Å². The number of benzene rings is 2. The molecule has 1 fully saturated rings. The second kappa shape index (κ2) is 8.95. The Morgan fingerprint density at radius 2 is 1.97 bits per heavy atom. The topological polar surface area (TPSA) is 94.3 Å². The van der Waals surface area contributed by atoms with Crippen molar-refractivity contribution in [1.82, 2.24) is 19.8 Å². The third-order valence-corrected chi connectivity index (χ3v) is 6.62. The number of anilines is 1. The van der Waals surface area contributed by atoms with Gasteiger partial charge in [-0.2, -0.15) is 0 Å². The minimum atomic E-state index is -0.280. The normalized spacial score (nSPS) is 15.5. The first-order valence-corrected chi connectivity index (χ1v) is 11.6. The third kappa shape index (κ3) is 4.05. The molecule has 8 heteroatoms. The molecule has 7 nitrogen and oxygen atoms in total. The lowest BCUT2D eigenvalue weighted by atomic mass is 9.95. The number of imidazole rings is 1. The van der Waals surface area contributed by atoms with Gasteiger partial charge in [-0.3, -0.25) is 5.41 Å². The molecule has 0 amide bonds. The van der Waals surface area contributed by atoms with Crippen LogP contribution in [0.4, 0.5) is 10.1 Å². The van der Waals surface area contributed by atoms with Crippen molar-refractivity contribution in [2.45, 2.75) is 26.4 Å². The van der Waals surface area contributed by atoms with Crippen LogP contribution in [0.1, 0.15) is 35.3 Å². The summed E-state index contributed by atoms with van der Waals surface area (Å²) in [6.07, 6.45) is 0.792. The molecule has 0 spiro atoms. The van der Waals surface area contributed by atoms with Gasteiger partial charge in [0.2, 0.25) is 0 Å². The number of morpholine rings is 1. The number of aromatic amines is 1. The number of hydrogen-bond acceptors (Lipinski definition) is 6. The zero-order valence-corrected chi connectivity index (χ0v) is 19.3. The van der Waals surface area contributed by atoms with Gasteiger partial charge in [-0.05, 0) is 41.3 Å². The summed E-state index contributed by atoms with van der Waals surface area (Å²) < 4.78 is 19.3. The Balaban J connectivity index is 1.33. The summed E-state index contributed by atoms with van der Waals surface area (Å²) in [6, 6.07) is 10.3. The monoisotopic (exact) mass is 460 g/mol. The molecule has 3 aromatic rings. The highest BCUT2D eigenvalue weighted by Crippen LogP contribution is 2.30. The maximum absolute atomic E-state index is 13.9. The summed E-state index contributed by atoms with van der Waals surface area (Å²) in [7, 11) is 0. The lowest BCUT2D eigenvalue weighted by Gasteiger charge is -2.35. The number of ether oxygens (including phenoxy) is 1. The fourth-order valence-corrected chi connectivity index (χ4v) is 4.67. The zero-order chi connectivity index (χ0) is 23.8. The predicted octanol–water partition coefficient (Wildman–Crippen LogP) is 3.90. The molecule has 2 aliphatic rings. The largest absolute Gasteiger partial charge is 0.398 e. The zero-order valence-electron chi connectivity index (χ0n) is 19.3. The molecule has 2 aromatic carbocycles. The second-order valence-electron chi connectivity index (χ2n) is 8.71. The van der Waals surface area contributed by atoms with Crippen LogP contribution in [0.2, 0.25) is 0 Å². The summed E-state index contributed by atoms with van der Waals surface area (Å²) in [4.78, 5) is 12.4. The summed E-state index contributed by atoms with van der Waals surface area (Å²) in [5, 5.41) is 8.72. The van der Waals surface area contributed by atoms with Gasteiger partial charge in [0.15, 0.2) is 5.82 Å². The van der Waals surface area contributed by atoms with E-state index in [-0.39, 0.29) is 11.5 Å². The number of nitrogens with two attached hydrogens (primary N) is 1. The van der Waals surface area contributed by atoms with E-state index in [1.54, 1.807) is 6.07 Å². The van der Waals surface area contributed by atoms with E-state index < -0.39 is 0 Å². The fourth-order valence-electron chi connectivity index (χ4n) is 4.67. The maximum atomic E-state index is 13.9. The molecular weight excluding hydrogens is 431 g/mol. The van der Waals surface area contributed by atoms with Crippen LogP contribution in [0.15, 0.2) is 48.8 Å². The van der Waals surface area contributed by atoms with Crippen LogP contribution < -0.4 is 5.73 Å². The van der Waals surface area contributed by atoms with Crippen LogP contribution in [0, 0.1) is 11.2 Å². The average molecular weight is 461 g/mol. The van der Waals surface area contributed by atoms with Gasteiger partial charge in [0.25, 0.3) is 0 Å². The Labute approximate surface area is 198 Å². The molecule has 0 bridgehead atoms. The number of hydrogen-bond donors (Lipinski definition) is 3. The summed E-state index contributed by atoms with van der Waals surface area (Å²) >= 11 is 0. The van der Waals surface area contributed by atoms with Crippen molar-refractivity contribution in [2.24, 2.45) is 0 Å². The molecule has 0 unspecified atom stereocenters. The Morgan fingerprint density at radius 1 is 1.18 bits per heavy atom. The van der Waals surface area contributed by atoms with Gasteiger partial charge >= 0.3 is 0 Å². The van der Waals surface area contributed by atoms with Crippen LogP contribution in [0.5, 0.6) is 0 Å². The number of nitrogen functional groups attached to an aromatic ring is 1. The number of nitrogens with one attached hydrogen (secondary N) is 2. The highest BCUT2D eigenvalue weighted by Gasteiger charge is 2.28. The molecule has 1 saturated heterocycles. The summed E-state index contributed by atoms with van der Waals surface area (Å²) in [5.41, 5.74) is 12.3. The highest BCUT2D eigenvalue weighted by molar-refractivity contribution is 6.12. The van der Waals surface area contributed by atoms with Crippen LogP contribution in [-0.2, 0) is 24.2 Å². The molecule has 4 N–H and O–H groups in total. The van der Waals surface area contributed by atoms with Gasteiger partial charge in [0.05, 0.1) is 43.5 Å².